The summed E-state index contributed by atoms with van der Waals surface area (Å²) < 4.78 is 6.07. The quantitative estimate of drug-likeness (QED) is 0.248. The molecular formula is C26H20N2O5S. The Labute approximate surface area is 199 Å². The number of fused-ring (bicyclic) bond motifs is 1. The molecule has 0 bridgehead atoms. The third-order valence-electron chi connectivity index (χ3n) is 5.77. The molecule has 0 spiro atoms. The second-order valence-electron chi connectivity index (χ2n) is 7.96. The maximum absolute atomic E-state index is 13.3. The number of phenols is 1. The molecule has 2 heterocycles. The first-order valence-corrected chi connectivity index (χ1v) is 11.3. The number of rotatable bonds is 4. The van der Waals surface area contributed by atoms with Gasteiger partial charge in [0.2, 0.25) is 0 Å². The van der Waals surface area contributed by atoms with Gasteiger partial charge in [-0.2, -0.15) is 0 Å². The lowest BCUT2D eigenvalue weighted by Gasteiger charge is -2.23. The van der Waals surface area contributed by atoms with Crippen molar-refractivity contribution in [2.45, 2.75) is 13.0 Å². The molecule has 5 rings (SSSR count). The molecule has 1 fully saturated rings. The molecule has 1 unspecified atom stereocenters. The summed E-state index contributed by atoms with van der Waals surface area (Å²) in [4.78, 5) is 32.4. The molecule has 0 radical (unpaired) electrons. The van der Waals surface area contributed by atoms with Crippen molar-refractivity contribution in [3.8, 4) is 11.5 Å². The molecule has 1 amide bonds. The Kier molecular flexibility index (Phi) is 5.30. The number of ketones is 1. The molecule has 0 aliphatic carbocycles. The van der Waals surface area contributed by atoms with Crippen LogP contribution in [-0.2, 0) is 9.59 Å². The first-order valence-electron chi connectivity index (χ1n) is 10.5. The van der Waals surface area contributed by atoms with Crippen LogP contribution in [0.5, 0.6) is 11.5 Å². The van der Waals surface area contributed by atoms with Gasteiger partial charge in [0, 0.05) is 5.56 Å². The van der Waals surface area contributed by atoms with Crippen LogP contribution in [0.15, 0.2) is 72.3 Å². The molecule has 3 aromatic carbocycles. The lowest BCUT2D eigenvalue weighted by molar-refractivity contribution is -0.132. The van der Waals surface area contributed by atoms with Gasteiger partial charge >= 0.3 is 5.91 Å². The van der Waals surface area contributed by atoms with E-state index in [0.29, 0.717) is 27.5 Å². The average molecular weight is 473 g/mol. The summed E-state index contributed by atoms with van der Waals surface area (Å²) in [6.45, 7) is 1.92. The monoisotopic (exact) mass is 472 g/mol. The summed E-state index contributed by atoms with van der Waals surface area (Å²) in [7, 11) is 1.57. The lowest BCUT2D eigenvalue weighted by Crippen LogP contribution is -2.29. The van der Waals surface area contributed by atoms with Crippen molar-refractivity contribution in [3.05, 3.63) is 89.0 Å². The maximum Gasteiger partial charge on any atom is 0.301 e. The molecule has 1 aromatic heterocycles. The Morgan fingerprint density at radius 1 is 1.03 bits per heavy atom. The number of anilines is 1. The third-order valence-corrected chi connectivity index (χ3v) is 6.79. The van der Waals surface area contributed by atoms with Gasteiger partial charge in [0.15, 0.2) is 5.13 Å². The van der Waals surface area contributed by atoms with Gasteiger partial charge in [-0.1, -0.05) is 53.3 Å². The number of hydrogen-bond acceptors (Lipinski definition) is 7. The van der Waals surface area contributed by atoms with E-state index in [9.17, 15) is 19.8 Å². The molecule has 1 aliphatic heterocycles. The SMILES string of the molecule is COc1ccc2nc(N3C(=O)C(=O)C(=C(O)c4ccc(C)cc4)C3c3ccc(O)cc3)sc2c1. The molecule has 2 N–H and O–H groups in total. The van der Waals surface area contributed by atoms with Gasteiger partial charge in [-0.3, -0.25) is 14.5 Å². The predicted octanol–water partition coefficient (Wildman–Crippen LogP) is 4.95. The number of aliphatic hydroxyl groups is 1. The number of phenolic OH excluding ortho intramolecular Hbond substituents is 1. The topological polar surface area (TPSA) is 100.0 Å². The molecule has 34 heavy (non-hydrogen) atoms. The molecule has 1 atom stereocenters. The van der Waals surface area contributed by atoms with Crippen LogP contribution in [0.1, 0.15) is 22.7 Å². The average Bonchev–Trinajstić information content (AvgIpc) is 3.37. The fraction of sp³-hybridized carbons (Fsp3) is 0.115. The fourth-order valence-corrected chi connectivity index (χ4v) is 5.01. The molecule has 0 saturated carbocycles. The number of thiazole rings is 1. The number of nitrogens with zero attached hydrogens (tertiary/aromatic N) is 2. The molecule has 1 aliphatic rings. The second-order valence-corrected chi connectivity index (χ2v) is 8.97. The Balaban J connectivity index is 1.71. The number of carbonyl (C=O) groups excluding carboxylic acids is 2. The zero-order chi connectivity index (χ0) is 24.0. The van der Waals surface area contributed by atoms with E-state index in [1.807, 2.05) is 25.1 Å². The first-order chi connectivity index (χ1) is 16.4. The minimum absolute atomic E-state index is 0.0311. The Morgan fingerprint density at radius 2 is 1.74 bits per heavy atom. The van der Waals surface area contributed by atoms with Crippen molar-refractivity contribution in [2.75, 3.05) is 12.0 Å². The molecule has 4 aromatic rings. The number of benzene rings is 3. The van der Waals surface area contributed by atoms with E-state index in [-0.39, 0.29) is 17.1 Å². The van der Waals surface area contributed by atoms with Crippen molar-refractivity contribution in [2.24, 2.45) is 0 Å². The van der Waals surface area contributed by atoms with Crippen LogP contribution in [0.3, 0.4) is 0 Å². The number of amides is 1. The van der Waals surface area contributed by atoms with Crippen LogP contribution in [-0.4, -0.2) is 34.0 Å². The van der Waals surface area contributed by atoms with Crippen molar-refractivity contribution in [3.63, 3.8) is 0 Å². The largest absolute Gasteiger partial charge is 0.508 e. The summed E-state index contributed by atoms with van der Waals surface area (Å²) >= 11 is 1.25. The van der Waals surface area contributed by atoms with E-state index in [4.69, 9.17) is 4.74 Å². The normalized spacial score (nSPS) is 17.5. The third kappa shape index (κ3) is 3.58. The highest BCUT2D eigenvalue weighted by atomic mass is 32.1. The number of Topliss-reactive ketones (excluding diaryl/α,β-unsaturated/α-hetero) is 1. The van der Waals surface area contributed by atoms with Crippen LogP contribution < -0.4 is 9.64 Å². The lowest BCUT2D eigenvalue weighted by atomic mass is 9.95. The van der Waals surface area contributed by atoms with Crippen molar-refractivity contribution >= 4 is 44.1 Å². The predicted molar refractivity (Wildman–Crippen MR) is 130 cm³/mol. The number of methoxy groups -OCH3 is 1. The zero-order valence-electron chi connectivity index (χ0n) is 18.4. The van der Waals surface area contributed by atoms with E-state index >= 15 is 0 Å². The minimum atomic E-state index is -0.913. The van der Waals surface area contributed by atoms with Gasteiger partial charge in [-0.15, -0.1) is 0 Å². The number of aliphatic hydroxyl groups excluding tert-OH is 1. The van der Waals surface area contributed by atoms with Crippen molar-refractivity contribution in [1.29, 1.82) is 0 Å². The van der Waals surface area contributed by atoms with E-state index in [0.717, 1.165) is 10.3 Å². The van der Waals surface area contributed by atoms with Gasteiger partial charge in [-0.05, 0) is 42.8 Å². The van der Waals surface area contributed by atoms with E-state index in [1.165, 1.54) is 28.4 Å². The second kappa shape index (κ2) is 8.31. The number of hydrogen-bond donors (Lipinski definition) is 2. The summed E-state index contributed by atoms with van der Waals surface area (Å²) in [6.07, 6.45) is 0. The zero-order valence-corrected chi connectivity index (χ0v) is 19.2. The van der Waals surface area contributed by atoms with Gasteiger partial charge in [0.05, 0.1) is 28.9 Å². The van der Waals surface area contributed by atoms with Crippen LogP contribution in [0.4, 0.5) is 5.13 Å². The summed E-state index contributed by atoms with van der Waals surface area (Å²) in [5, 5.41) is 21.3. The van der Waals surface area contributed by atoms with Crippen molar-refractivity contribution < 1.29 is 24.5 Å². The Bertz CT molecular complexity index is 1460. The smallest absolute Gasteiger partial charge is 0.301 e. The number of aromatic nitrogens is 1. The van der Waals surface area contributed by atoms with Gasteiger partial charge in [0.1, 0.15) is 17.3 Å². The molecular weight excluding hydrogens is 452 g/mol. The van der Waals surface area contributed by atoms with Gasteiger partial charge in [-0.25, -0.2) is 4.98 Å². The summed E-state index contributed by atoms with van der Waals surface area (Å²) in [6, 6.07) is 17.7. The van der Waals surface area contributed by atoms with Crippen LogP contribution in [0.25, 0.3) is 16.0 Å². The molecule has 170 valence electrons. The molecule has 7 nitrogen and oxygen atoms in total. The number of carbonyl (C=O) groups is 2. The van der Waals surface area contributed by atoms with E-state index in [1.54, 1.807) is 43.5 Å². The first kappa shape index (κ1) is 21.7. The minimum Gasteiger partial charge on any atom is -0.508 e. The summed E-state index contributed by atoms with van der Waals surface area (Å²) in [5.41, 5.74) is 2.61. The van der Waals surface area contributed by atoms with Crippen LogP contribution in [0.2, 0.25) is 0 Å². The fourth-order valence-electron chi connectivity index (χ4n) is 3.99. The standard InChI is InChI=1S/C26H20N2O5S/c1-14-3-5-16(6-4-14)23(30)21-22(15-7-9-17(29)10-8-15)28(25(32)24(21)31)26-27-19-12-11-18(33-2)13-20(19)34-26/h3-13,22,29-30H,1-2H3. The summed E-state index contributed by atoms with van der Waals surface area (Å²) in [5.74, 6) is -1.14. The van der Waals surface area contributed by atoms with E-state index < -0.39 is 17.7 Å². The Hall–Kier alpha value is -4.17. The van der Waals surface area contributed by atoms with E-state index in [2.05, 4.69) is 4.98 Å². The highest BCUT2D eigenvalue weighted by Gasteiger charge is 2.48. The van der Waals surface area contributed by atoms with Crippen LogP contribution in [0, 0.1) is 6.92 Å². The van der Waals surface area contributed by atoms with Gasteiger partial charge in [0.25, 0.3) is 5.78 Å². The number of ether oxygens (including phenoxy) is 1. The molecule has 1 saturated heterocycles. The Morgan fingerprint density at radius 3 is 2.41 bits per heavy atom. The number of aromatic hydroxyl groups is 1. The highest BCUT2D eigenvalue weighted by molar-refractivity contribution is 7.22. The maximum atomic E-state index is 13.3. The van der Waals surface area contributed by atoms with Gasteiger partial charge < -0.3 is 14.9 Å². The molecule has 8 heteroatoms. The van der Waals surface area contributed by atoms with Crippen LogP contribution >= 0.6 is 11.3 Å². The van der Waals surface area contributed by atoms with Crippen molar-refractivity contribution in [1.82, 2.24) is 4.98 Å². The highest BCUT2D eigenvalue weighted by Crippen LogP contribution is 2.44. The number of aryl methyl sites for hydroxylation is 1.